The smallest absolute Gasteiger partial charge is 0.0786 e. The summed E-state index contributed by atoms with van der Waals surface area (Å²) in [6.45, 7) is 25.0. The SMILES string of the molecule is CCCCC[N+](CC)(CC)CC.CC[NH+](CC)CC.[Br-].[Br-]. The fourth-order valence-corrected chi connectivity index (χ4v) is 2.59. The molecule has 0 aromatic rings. The van der Waals surface area contributed by atoms with Crippen molar-refractivity contribution in [2.75, 3.05) is 45.8 Å². The average Bonchev–Trinajstić information content (AvgIpc) is 2.47. The van der Waals surface area contributed by atoms with Crippen molar-refractivity contribution in [3.05, 3.63) is 0 Å². The van der Waals surface area contributed by atoms with E-state index in [0.717, 1.165) is 0 Å². The molecular formula is C17H42Br2N2. The van der Waals surface area contributed by atoms with Gasteiger partial charge in [0.15, 0.2) is 0 Å². The number of nitrogens with one attached hydrogen (secondary N) is 1. The third-order valence-corrected chi connectivity index (χ3v) is 4.75. The number of quaternary nitrogens is 2. The first-order chi connectivity index (χ1) is 9.09. The molecule has 0 aliphatic heterocycles. The molecule has 134 valence electrons. The number of hydrogen-bond donors (Lipinski definition) is 1. The Morgan fingerprint density at radius 2 is 1.00 bits per heavy atom. The molecule has 0 aliphatic rings. The van der Waals surface area contributed by atoms with Gasteiger partial charge in [-0.05, 0) is 54.4 Å². The maximum atomic E-state index is 2.32. The highest BCUT2D eigenvalue weighted by atomic mass is 79.9. The third kappa shape index (κ3) is 15.5. The fraction of sp³-hybridized carbons (Fsp3) is 1.00. The van der Waals surface area contributed by atoms with E-state index < -0.39 is 0 Å². The Bertz CT molecular complexity index is 156. The van der Waals surface area contributed by atoms with Crippen molar-refractivity contribution in [3.8, 4) is 0 Å². The maximum absolute atomic E-state index is 2.32. The molecule has 0 rings (SSSR count). The van der Waals surface area contributed by atoms with E-state index in [1.807, 2.05) is 0 Å². The van der Waals surface area contributed by atoms with Crippen LogP contribution in [0.1, 0.15) is 67.7 Å². The van der Waals surface area contributed by atoms with Crippen molar-refractivity contribution < 1.29 is 43.3 Å². The first-order valence-electron chi connectivity index (χ1n) is 8.78. The zero-order valence-corrected chi connectivity index (χ0v) is 18.9. The van der Waals surface area contributed by atoms with E-state index in [1.165, 1.54) is 69.6 Å². The molecule has 0 saturated carbocycles. The van der Waals surface area contributed by atoms with Gasteiger partial charge in [0.05, 0.1) is 45.8 Å². The summed E-state index contributed by atoms with van der Waals surface area (Å²) in [6.07, 6.45) is 4.16. The number of hydrogen-bond acceptors (Lipinski definition) is 0. The van der Waals surface area contributed by atoms with Crippen molar-refractivity contribution in [1.82, 2.24) is 0 Å². The summed E-state index contributed by atoms with van der Waals surface area (Å²) < 4.78 is 1.32. The summed E-state index contributed by atoms with van der Waals surface area (Å²) in [6, 6.07) is 0. The van der Waals surface area contributed by atoms with Crippen molar-refractivity contribution in [1.29, 1.82) is 0 Å². The number of halogens is 2. The zero-order chi connectivity index (χ0) is 15.1. The van der Waals surface area contributed by atoms with Gasteiger partial charge in [-0.25, -0.2) is 0 Å². The van der Waals surface area contributed by atoms with E-state index in [4.69, 9.17) is 0 Å². The van der Waals surface area contributed by atoms with E-state index in [0.29, 0.717) is 0 Å². The Labute approximate surface area is 156 Å². The third-order valence-electron chi connectivity index (χ3n) is 4.75. The maximum Gasteiger partial charge on any atom is 0.0786 e. The molecule has 0 unspecified atom stereocenters. The summed E-state index contributed by atoms with van der Waals surface area (Å²) >= 11 is 0. The molecule has 0 radical (unpaired) electrons. The second kappa shape index (κ2) is 20.9. The van der Waals surface area contributed by atoms with Crippen LogP contribution in [0.4, 0.5) is 0 Å². The minimum Gasteiger partial charge on any atom is -1.00 e. The molecule has 0 amide bonds. The second-order valence-corrected chi connectivity index (χ2v) is 5.53. The predicted octanol–water partition coefficient (Wildman–Crippen LogP) is -3.01. The molecule has 0 spiro atoms. The molecule has 2 nitrogen and oxygen atoms in total. The van der Waals surface area contributed by atoms with E-state index in [-0.39, 0.29) is 34.0 Å². The number of nitrogens with zero attached hydrogens (tertiary/aromatic N) is 1. The van der Waals surface area contributed by atoms with Crippen LogP contribution in [0, 0.1) is 0 Å². The highest BCUT2D eigenvalue weighted by molar-refractivity contribution is 4.41. The molecule has 0 aromatic carbocycles. The highest BCUT2D eigenvalue weighted by Crippen LogP contribution is 2.09. The molecular weight excluding hydrogens is 392 g/mol. The van der Waals surface area contributed by atoms with Crippen LogP contribution in [-0.2, 0) is 0 Å². The zero-order valence-electron chi connectivity index (χ0n) is 15.8. The van der Waals surface area contributed by atoms with Crippen molar-refractivity contribution >= 4 is 0 Å². The molecule has 0 heterocycles. The standard InChI is InChI=1S/C11H26N.C6H15N.2BrH/c1-5-9-10-11-12(6-2,7-3)8-4;1-4-7(5-2)6-3;;/h5-11H2,1-4H3;4-6H2,1-3H3;2*1H/q+1;;;/p-1. The van der Waals surface area contributed by atoms with E-state index in [9.17, 15) is 0 Å². The molecule has 1 N–H and O–H groups in total. The van der Waals surface area contributed by atoms with Gasteiger partial charge in [0.2, 0.25) is 0 Å². The van der Waals surface area contributed by atoms with Crippen LogP contribution in [0.25, 0.3) is 0 Å². The quantitative estimate of drug-likeness (QED) is 0.276. The van der Waals surface area contributed by atoms with E-state index >= 15 is 0 Å². The lowest BCUT2D eigenvalue weighted by Gasteiger charge is -2.35. The Morgan fingerprint density at radius 1 is 0.619 bits per heavy atom. The van der Waals surface area contributed by atoms with Crippen LogP contribution < -0.4 is 38.9 Å². The lowest BCUT2D eigenvalue weighted by atomic mass is 10.2. The van der Waals surface area contributed by atoms with Crippen molar-refractivity contribution in [2.45, 2.75) is 67.7 Å². The van der Waals surface area contributed by atoms with Gasteiger partial charge in [-0.3, -0.25) is 0 Å². The van der Waals surface area contributed by atoms with Crippen LogP contribution in [0.2, 0.25) is 0 Å². The Morgan fingerprint density at radius 3 is 1.19 bits per heavy atom. The number of rotatable bonds is 10. The highest BCUT2D eigenvalue weighted by Gasteiger charge is 2.18. The summed E-state index contributed by atoms with van der Waals surface area (Å²) in [5, 5.41) is 0. The first-order valence-corrected chi connectivity index (χ1v) is 8.78. The molecule has 4 heteroatoms. The van der Waals surface area contributed by atoms with Gasteiger partial charge in [0.1, 0.15) is 0 Å². The first kappa shape index (κ1) is 29.8. The molecule has 0 bridgehead atoms. The Hall–Kier alpha value is 0.880. The van der Waals surface area contributed by atoms with Gasteiger partial charge in [-0.1, -0.05) is 13.3 Å². The Balaban J connectivity index is -0.000000140. The summed E-state index contributed by atoms with van der Waals surface area (Å²) in [5.41, 5.74) is 0. The van der Waals surface area contributed by atoms with Crippen LogP contribution in [0.15, 0.2) is 0 Å². The van der Waals surface area contributed by atoms with Gasteiger partial charge < -0.3 is 43.3 Å². The molecule has 0 fully saturated rings. The van der Waals surface area contributed by atoms with Crippen molar-refractivity contribution in [3.63, 3.8) is 0 Å². The minimum absolute atomic E-state index is 0. The molecule has 0 saturated heterocycles. The number of unbranched alkanes of at least 4 members (excludes halogenated alkanes) is 2. The van der Waals surface area contributed by atoms with Gasteiger partial charge in [0.25, 0.3) is 0 Å². The monoisotopic (exact) mass is 432 g/mol. The average molecular weight is 434 g/mol. The normalized spacial score (nSPS) is 10.3. The van der Waals surface area contributed by atoms with Gasteiger partial charge in [-0.2, -0.15) is 0 Å². The van der Waals surface area contributed by atoms with Crippen LogP contribution in [0.3, 0.4) is 0 Å². The topological polar surface area (TPSA) is 4.44 Å². The summed E-state index contributed by atoms with van der Waals surface area (Å²) in [7, 11) is 0. The van der Waals surface area contributed by atoms with E-state index in [1.54, 1.807) is 4.90 Å². The molecule has 0 aromatic heterocycles. The van der Waals surface area contributed by atoms with Crippen LogP contribution in [-0.4, -0.2) is 50.3 Å². The van der Waals surface area contributed by atoms with Gasteiger partial charge >= 0.3 is 0 Å². The van der Waals surface area contributed by atoms with Crippen molar-refractivity contribution in [2.24, 2.45) is 0 Å². The van der Waals surface area contributed by atoms with Crippen LogP contribution in [0.5, 0.6) is 0 Å². The lowest BCUT2D eigenvalue weighted by Crippen LogP contribution is -3.11. The molecule has 21 heavy (non-hydrogen) atoms. The Kier molecular flexibility index (Phi) is 29.7. The summed E-state index contributed by atoms with van der Waals surface area (Å²) in [5.74, 6) is 0. The summed E-state index contributed by atoms with van der Waals surface area (Å²) in [4.78, 5) is 1.68. The molecule has 0 atom stereocenters. The fourth-order valence-electron chi connectivity index (χ4n) is 2.59. The van der Waals surface area contributed by atoms with Gasteiger partial charge in [0, 0.05) is 0 Å². The van der Waals surface area contributed by atoms with Crippen LogP contribution >= 0.6 is 0 Å². The second-order valence-electron chi connectivity index (χ2n) is 5.53. The minimum atomic E-state index is 0. The largest absolute Gasteiger partial charge is 1.00 e. The molecule has 0 aliphatic carbocycles. The van der Waals surface area contributed by atoms with Gasteiger partial charge in [-0.15, -0.1) is 0 Å². The predicted molar refractivity (Wildman–Crippen MR) is 88.9 cm³/mol. The lowest BCUT2D eigenvalue weighted by molar-refractivity contribution is -0.923. The van der Waals surface area contributed by atoms with E-state index in [2.05, 4.69) is 48.5 Å².